The first-order valence-corrected chi connectivity index (χ1v) is 8.12. The van der Waals surface area contributed by atoms with Gasteiger partial charge in [0.15, 0.2) is 0 Å². The summed E-state index contributed by atoms with van der Waals surface area (Å²) in [5, 5.41) is 3.24. The molecule has 21 heavy (non-hydrogen) atoms. The van der Waals surface area contributed by atoms with E-state index in [4.69, 9.17) is 15.2 Å². The molecule has 0 fully saturated rings. The second kappa shape index (κ2) is 12.0. The number of hydrogen-bond acceptors (Lipinski definition) is 4. The van der Waals surface area contributed by atoms with Gasteiger partial charge in [0.25, 0.3) is 0 Å². The van der Waals surface area contributed by atoms with Gasteiger partial charge in [0, 0.05) is 13.2 Å². The number of amides is 1. The quantitative estimate of drug-likeness (QED) is 0.482. The molecule has 0 bridgehead atoms. The van der Waals surface area contributed by atoms with Crippen LogP contribution in [-0.2, 0) is 14.3 Å². The van der Waals surface area contributed by atoms with Crippen LogP contribution in [0.15, 0.2) is 0 Å². The number of primary amides is 1. The van der Waals surface area contributed by atoms with Gasteiger partial charge in [0.1, 0.15) is 0 Å². The monoisotopic (exact) mass is 302 g/mol. The zero-order chi connectivity index (χ0) is 16.1. The zero-order valence-corrected chi connectivity index (χ0v) is 14.2. The number of nitrogens with two attached hydrogens (primary N) is 1. The van der Waals surface area contributed by atoms with Crippen molar-refractivity contribution in [2.24, 2.45) is 11.7 Å². The topological polar surface area (TPSA) is 73.6 Å². The number of hydrogen-bond donors (Lipinski definition) is 2. The summed E-state index contributed by atoms with van der Waals surface area (Å²) in [5.41, 5.74) is 4.88. The minimum Gasteiger partial charge on any atom is -0.379 e. The summed E-state index contributed by atoms with van der Waals surface area (Å²) in [6.45, 7) is 11.8. The van der Waals surface area contributed by atoms with Gasteiger partial charge in [0.05, 0.1) is 18.8 Å². The second-order valence-corrected chi connectivity index (χ2v) is 6.16. The lowest BCUT2D eigenvalue weighted by atomic mass is 9.94. The van der Waals surface area contributed by atoms with Crippen LogP contribution in [0.3, 0.4) is 0 Å². The molecule has 5 heteroatoms. The lowest BCUT2D eigenvalue weighted by Gasteiger charge is -2.27. The summed E-state index contributed by atoms with van der Waals surface area (Å²) in [5.74, 6) is 0.283. The highest BCUT2D eigenvalue weighted by molar-refractivity contribution is 5.84. The first-order valence-electron chi connectivity index (χ1n) is 8.12. The number of nitrogens with one attached hydrogen (secondary N) is 1. The molecule has 0 aromatic rings. The van der Waals surface area contributed by atoms with Gasteiger partial charge in [0.2, 0.25) is 5.91 Å². The molecule has 3 N–H and O–H groups in total. The third-order valence-corrected chi connectivity index (χ3v) is 3.35. The molecule has 126 valence electrons. The van der Waals surface area contributed by atoms with Gasteiger partial charge in [-0.3, -0.25) is 4.79 Å². The first-order chi connectivity index (χ1) is 9.92. The second-order valence-electron chi connectivity index (χ2n) is 6.16. The predicted molar refractivity (Wildman–Crippen MR) is 86.2 cm³/mol. The van der Waals surface area contributed by atoms with E-state index in [9.17, 15) is 4.79 Å². The Bertz CT molecular complexity index is 272. The molecular weight excluding hydrogens is 268 g/mol. The minimum absolute atomic E-state index is 0.279. The van der Waals surface area contributed by atoms with E-state index in [0.717, 1.165) is 38.8 Å². The fourth-order valence-electron chi connectivity index (χ4n) is 1.92. The summed E-state index contributed by atoms with van der Waals surface area (Å²) in [7, 11) is 0. The van der Waals surface area contributed by atoms with Crippen molar-refractivity contribution in [3.63, 3.8) is 0 Å². The molecule has 1 atom stereocenters. The van der Waals surface area contributed by atoms with Crippen molar-refractivity contribution in [2.45, 2.75) is 58.9 Å². The molecule has 0 rings (SSSR count). The molecule has 0 heterocycles. The van der Waals surface area contributed by atoms with Crippen LogP contribution < -0.4 is 11.1 Å². The van der Waals surface area contributed by atoms with Crippen molar-refractivity contribution in [1.82, 2.24) is 5.32 Å². The Hall–Kier alpha value is -0.650. The number of rotatable bonds is 14. The van der Waals surface area contributed by atoms with Crippen molar-refractivity contribution in [3.8, 4) is 0 Å². The fourth-order valence-corrected chi connectivity index (χ4v) is 1.92. The third-order valence-electron chi connectivity index (χ3n) is 3.35. The molecule has 0 saturated carbocycles. The Morgan fingerprint density at radius 2 is 1.86 bits per heavy atom. The van der Waals surface area contributed by atoms with E-state index in [1.165, 1.54) is 0 Å². The molecule has 1 amide bonds. The van der Waals surface area contributed by atoms with Crippen LogP contribution in [-0.4, -0.2) is 44.4 Å². The lowest BCUT2D eigenvalue weighted by molar-refractivity contribution is -0.124. The van der Waals surface area contributed by atoms with E-state index in [-0.39, 0.29) is 5.91 Å². The van der Waals surface area contributed by atoms with E-state index in [1.807, 2.05) is 6.92 Å². The Kier molecular flexibility index (Phi) is 11.6. The first kappa shape index (κ1) is 20.3. The van der Waals surface area contributed by atoms with Crippen LogP contribution >= 0.6 is 0 Å². The summed E-state index contributed by atoms with van der Waals surface area (Å²) >= 11 is 0. The molecular formula is C16H34N2O3. The van der Waals surface area contributed by atoms with Crippen molar-refractivity contribution in [1.29, 1.82) is 0 Å². The van der Waals surface area contributed by atoms with Crippen molar-refractivity contribution in [2.75, 3.05) is 33.0 Å². The smallest absolute Gasteiger partial charge is 0.237 e. The average molecular weight is 302 g/mol. The largest absolute Gasteiger partial charge is 0.379 e. The Morgan fingerprint density at radius 1 is 1.19 bits per heavy atom. The molecule has 0 saturated heterocycles. The normalized spacial score (nSPS) is 14.3. The summed E-state index contributed by atoms with van der Waals surface area (Å²) in [6.07, 6.45) is 3.59. The SMILES string of the molecule is CCCNC(C)(CCCCOCCOCC(C)C)C(N)=O. The van der Waals surface area contributed by atoms with E-state index in [0.29, 0.717) is 25.7 Å². The number of ether oxygens (including phenoxy) is 2. The average Bonchev–Trinajstić information content (AvgIpc) is 2.42. The van der Waals surface area contributed by atoms with Gasteiger partial charge in [-0.15, -0.1) is 0 Å². The van der Waals surface area contributed by atoms with Crippen molar-refractivity contribution in [3.05, 3.63) is 0 Å². The highest BCUT2D eigenvalue weighted by Crippen LogP contribution is 2.13. The van der Waals surface area contributed by atoms with E-state index in [2.05, 4.69) is 26.1 Å². The van der Waals surface area contributed by atoms with E-state index in [1.54, 1.807) is 0 Å². The highest BCUT2D eigenvalue weighted by atomic mass is 16.5. The van der Waals surface area contributed by atoms with Gasteiger partial charge < -0.3 is 20.5 Å². The van der Waals surface area contributed by atoms with E-state index < -0.39 is 5.54 Å². The number of carbonyl (C=O) groups excluding carboxylic acids is 1. The Labute approximate surface area is 129 Å². The van der Waals surface area contributed by atoms with Gasteiger partial charge in [-0.25, -0.2) is 0 Å². The van der Waals surface area contributed by atoms with Crippen LogP contribution in [0.1, 0.15) is 53.4 Å². The maximum absolute atomic E-state index is 11.5. The molecule has 0 spiro atoms. The van der Waals surface area contributed by atoms with Gasteiger partial charge >= 0.3 is 0 Å². The van der Waals surface area contributed by atoms with Crippen LogP contribution in [0.2, 0.25) is 0 Å². The maximum atomic E-state index is 11.5. The summed E-state index contributed by atoms with van der Waals surface area (Å²) in [6, 6.07) is 0. The molecule has 0 aliphatic heterocycles. The van der Waals surface area contributed by atoms with Crippen LogP contribution in [0.4, 0.5) is 0 Å². The Balaban J connectivity index is 3.61. The van der Waals surface area contributed by atoms with Gasteiger partial charge in [-0.1, -0.05) is 20.8 Å². The zero-order valence-electron chi connectivity index (χ0n) is 14.2. The highest BCUT2D eigenvalue weighted by Gasteiger charge is 2.29. The van der Waals surface area contributed by atoms with Crippen molar-refractivity contribution >= 4 is 5.91 Å². The van der Waals surface area contributed by atoms with Gasteiger partial charge in [-0.05, 0) is 45.1 Å². The molecule has 0 aromatic carbocycles. The number of unbranched alkanes of at least 4 members (excludes halogenated alkanes) is 1. The van der Waals surface area contributed by atoms with E-state index >= 15 is 0 Å². The van der Waals surface area contributed by atoms with Gasteiger partial charge in [-0.2, -0.15) is 0 Å². The maximum Gasteiger partial charge on any atom is 0.237 e. The number of carbonyl (C=O) groups is 1. The molecule has 0 aromatic heterocycles. The fraction of sp³-hybridized carbons (Fsp3) is 0.938. The summed E-state index contributed by atoms with van der Waals surface area (Å²) < 4.78 is 10.9. The molecule has 0 radical (unpaired) electrons. The Morgan fingerprint density at radius 3 is 2.43 bits per heavy atom. The molecule has 0 aliphatic rings. The van der Waals surface area contributed by atoms with Crippen LogP contribution in [0, 0.1) is 5.92 Å². The van der Waals surface area contributed by atoms with Crippen LogP contribution in [0.5, 0.6) is 0 Å². The third kappa shape index (κ3) is 10.7. The molecule has 5 nitrogen and oxygen atoms in total. The standard InChI is InChI=1S/C16H34N2O3/c1-5-9-18-16(4,15(17)19)8-6-7-10-20-11-12-21-13-14(2)3/h14,18H,5-13H2,1-4H3,(H2,17,19). The summed E-state index contributed by atoms with van der Waals surface area (Å²) in [4.78, 5) is 11.5. The molecule has 0 aliphatic carbocycles. The van der Waals surface area contributed by atoms with Crippen LogP contribution in [0.25, 0.3) is 0 Å². The minimum atomic E-state index is -0.601. The predicted octanol–water partition coefficient (Wildman–Crippen LogP) is 2.09. The molecule has 1 unspecified atom stereocenters. The van der Waals surface area contributed by atoms with Crippen molar-refractivity contribution < 1.29 is 14.3 Å². The lowest BCUT2D eigenvalue weighted by Crippen LogP contribution is -2.53.